The van der Waals surface area contributed by atoms with Gasteiger partial charge in [0.2, 0.25) is 0 Å². The Morgan fingerprint density at radius 2 is 2.21 bits per heavy atom. The third-order valence-corrected chi connectivity index (χ3v) is 2.45. The molecular weight excluding hydrogens is 174 g/mol. The Bertz CT molecular complexity index is 276. The minimum atomic E-state index is 0.560. The second-order valence-corrected chi connectivity index (χ2v) is 3.88. The molecule has 1 heterocycles. The number of nitrogens with one attached hydrogen (secondary N) is 1. The molecule has 0 aromatic carbocycles. The van der Waals surface area contributed by atoms with E-state index >= 15 is 0 Å². The van der Waals surface area contributed by atoms with Crippen molar-refractivity contribution in [1.29, 1.82) is 0 Å². The standard InChI is InChI=1S/C11H21N3/c1-5-14-11(9(2)3)10(8-13-14)6-7-12-4/h8-9,12H,5-7H2,1-4H3. The first-order valence-electron chi connectivity index (χ1n) is 5.39. The lowest BCUT2D eigenvalue weighted by atomic mass is 10.0. The molecule has 1 rings (SSSR count). The molecule has 0 spiro atoms. The second kappa shape index (κ2) is 5.15. The van der Waals surface area contributed by atoms with Crippen LogP contribution in [0, 0.1) is 0 Å². The molecule has 14 heavy (non-hydrogen) atoms. The van der Waals surface area contributed by atoms with Crippen LogP contribution in [0.2, 0.25) is 0 Å². The van der Waals surface area contributed by atoms with Gasteiger partial charge in [-0.25, -0.2) is 0 Å². The van der Waals surface area contributed by atoms with Crippen LogP contribution in [-0.4, -0.2) is 23.4 Å². The lowest BCUT2D eigenvalue weighted by Crippen LogP contribution is -2.12. The average molecular weight is 195 g/mol. The second-order valence-electron chi connectivity index (χ2n) is 3.88. The fraction of sp³-hybridized carbons (Fsp3) is 0.727. The average Bonchev–Trinajstić information content (AvgIpc) is 2.57. The Balaban J connectivity index is 2.87. The topological polar surface area (TPSA) is 29.9 Å². The van der Waals surface area contributed by atoms with Gasteiger partial charge < -0.3 is 5.32 Å². The van der Waals surface area contributed by atoms with Crippen LogP contribution in [0.5, 0.6) is 0 Å². The SMILES string of the molecule is CCn1ncc(CCNC)c1C(C)C. The molecule has 0 saturated carbocycles. The summed E-state index contributed by atoms with van der Waals surface area (Å²) in [6.45, 7) is 8.58. The number of likely N-dealkylation sites (N-methyl/N-ethyl adjacent to an activating group) is 1. The van der Waals surface area contributed by atoms with E-state index in [0.29, 0.717) is 5.92 Å². The summed E-state index contributed by atoms with van der Waals surface area (Å²) in [5.41, 5.74) is 2.78. The van der Waals surface area contributed by atoms with E-state index in [4.69, 9.17) is 0 Å². The molecule has 0 fully saturated rings. The van der Waals surface area contributed by atoms with E-state index in [0.717, 1.165) is 19.5 Å². The third kappa shape index (κ3) is 2.35. The van der Waals surface area contributed by atoms with Crippen LogP contribution >= 0.6 is 0 Å². The quantitative estimate of drug-likeness (QED) is 0.776. The Hall–Kier alpha value is -0.830. The van der Waals surface area contributed by atoms with Crippen molar-refractivity contribution in [2.45, 2.75) is 39.7 Å². The van der Waals surface area contributed by atoms with Gasteiger partial charge in [0.05, 0.1) is 6.20 Å². The van der Waals surface area contributed by atoms with Crippen LogP contribution in [0.4, 0.5) is 0 Å². The summed E-state index contributed by atoms with van der Waals surface area (Å²) in [5.74, 6) is 0.560. The predicted octanol–water partition coefficient (Wildman–Crippen LogP) is 1.79. The fourth-order valence-corrected chi connectivity index (χ4v) is 1.81. The Morgan fingerprint density at radius 3 is 2.71 bits per heavy atom. The molecule has 0 aliphatic rings. The lowest BCUT2D eigenvalue weighted by Gasteiger charge is -2.11. The van der Waals surface area contributed by atoms with Crippen LogP contribution in [0.3, 0.4) is 0 Å². The molecular formula is C11H21N3. The van der Waals surface area contributed by atoms with Gasteiger partial charge in [-0.05, 0) is 38.4 Å². The molecule has 0 radical (unpaired) electrons. The van der Waals surface area contributed by atoms with E-state index in [1.165, 1.54) is 11.3 Å². The van der Waals surface area contributed by atoms with Crippen molar-refractivity contribution in [2.24, 2.45) is 0 Å². The lowest BCUT2D eigenvalue weighted by molar-refractivity contribution is 0.594. The molecule has 0 saturated heterocycles. The zero-order valence-corrected chi connectivity index (χ0v) is 9.67. The fourth-order valence-electron chi connectivity index (χ4n) is 1.81. The Labute approximate surface area is 86.5 Å². The van der Waals surface area contributed by atoms with Crippen LogP contribution in [0.25, 0.3) is 0 Å². The molecule has 1 aromatic rings. The first-order chi connectivity index (χ1) is 6.70. The maximum absolute atomic E-state index is 4.40. The minimum Gasteiger partial charge on any atom is -0.319 e. The summed E-state index contributed by atoms with van der Waals surface area (Å²) in [6, 6.07) is 0. The molecule has 0 amide bonds. The van der Waals surface area contributed by atoms with Gasteiger partial charge >= 0.3 is 0 Å². The van der Waals surface area contributed by atoms with E-state index in [-0.39, 0.29) is 0 Å². The highest BCUT2D eigenvalue weighted by Crippen LogP contribution is 2.19. The third-order valence-electron chi connectivity index (χ3n) is 2.45. The monoisotopic (exact) mass is 195 g/mol. The molecule has 0 aliphatic heterocycles. The number of hydrogen-bond acceptors (Lipinski definition) is 2. The van der Waals surface area contributed by atoms with Gasteiger partial charge in [0.25, 0.3) is 0 Å². The maximum atomic E-state index is 4.40. The molecule has 1 aromatic heterocycles. The summed E-state index contributed by atoms with van der Waals surface area (Å²) in [5, 5.41) is 7.57. The summed E-state index contributed by atoms with van der Waals surface area (Å²) in [4.78, 5) is 0. The molecule has 0 unspecified atom stereocenters. The van der Waals surface area contributed by atoms with Gasteiger partial charge in [-0.1, -0.05) is 13.8 Å². The zero-order valence-electron chi connectivity index (χ0n) is 9.67. The van der Waals surface area contributed by atoms with Crippen molar-refractivity contribution in [3.05, 3.63) is 17.5 Å². The Kier molecular flexibility index (Phi) is 4.14. The van der Waals surface area contributed by atoms with Gasteiger partial charge in [-0.15, -0.1) is 0 Å². The van der Waals surface area contributed by atoms with Crippen molar-refractivity contribution in [3.8, 4) is 0 Å². The number of aryl methyl sites for hydroxylation is 1. The molecule has 1 N–H and O–H groups in total. The summed E-state index contributed by atoms with van der Waals surface area (Å²) in [7, 11) is 1.99. The van der Waals surface area contributed by atoms with E-state index in [1.54, 1.807) is 0 Å². The summed E-state index contributed by atoms with van der Waals surface area (Å²) >= 11 is 0. The van der Waals surface area contributed by atoms with Crippen LogP contribution in [0.1, 0.15) is 37.9 Å². The van der Waals surface area contributed by atoms with Crippen molar-refractivity contribution in [3.63, 3.8) is 0 Å². The number of hydrogen-bond donors (Lipinski definition) is 1. The van der Waals surface area contributed by atoms with Crippen molar-refractivity contribution in [1.82, 2.24) is 15.1 Å². The Morgan fingerprint density at radius 1 is 1.50 bits per heavy atom. The van der Waals surface area contributed by atoms with E-state index < -0.39 is 0 Å². The van der Waals surface area contributed by atoms with Gasteiger partial charge in [0.15, 0.2) is 0 Å². The zero-order chi connectivity index (χ0) is 10.6. The van der Waals surface area contributed by atoms with Gasteiger partial charge in [-0.3, -0.25) is 4.68 Å². The molecule has 3 heteroatoms. The van der Waals surface area contributed by atoms with Gasteiger partial charge in [-0.2, -0.15) is 5.10 Å². The summed E-state index contributed by atoms with van der Waals surface area (Å²) in [6.07, 6.45) is 3.08. The maximum Gasteiger partial charge on any atom is 0.0525 e. The highest BCUT2D eigenvalue weighted by Gasteiger charge is 2.12. The van der Waals surface area contributed by atoms with Crippen LogP contribution < -0.4 is 5.32 Å². The molecule has 0 aliphatic carbocycles. The van der Waals surface area contributed by atoms with Crippen LogP contribution in [-0.2, 0) is 13.0 Å². The largest absolute Gasteiger partial charge is 0.319 e. The highest BCUT2D eigenvalue weighted by molar-refractivity contribution is 5.21. The number of aromatic nitrogens is 2. The number of nitrogens with zero attached hydrogens (tertiary/aromatic N) is 2. The van der Waals surface area contributed by atoms with Gasteiger partial charge in [0, 0.05) is 12.2 Å². The smallest absolute Gasteiger partial charge is 0.0525 e. The minimum absolute atomic E-state index is 0.560. The van der Waals surface area contributed by atoms with E-state index in [9.17, 15) is 0 Å². The molecule has 0 atom stereocenters. The first-order valence-corrected chi connectivity index (χ1v) is 5.39. The van der Waals surface area contributed by atoms with E-state index in [1.807, 2.05) is 13.2 Å². The first kappa shape index (κ1) is 11.2. The molecule has 3 nitrogen and oxygen atoms in total. The van der Waals surface area contributed by atoms with Gasteiger partial charge in [0.1, 0.15) is 0 Å². The molecule has 80 valence electrons. The summed E-state index contributed by atoms with van der Waals surface area (Å²) < 4.78 is 2.11. The van der Waals surface area contributed by atoms with Crippen molar-refractivity contribution in [2.75, 3.05) is 13.6 Å². The van der Waals surface area contributed by atoms with Crippen molar-refractivity contribution >= 4 is 0 Å². The number of rotatable bonds is 5. The highest BCUT2D eigenvalue weighted by atomic mass is 15.3. The van der Waals surface area contributed by atoms with E-state index in [2.05, 4.69) is 35.9 Å². The molecule has 0 bridgehead atoms. The normalized spacial score (nSPS) is 11.2. The van der Waals surface area contributed by atoms with Crippen LogP contribution in [0.15, 0.2) is 6.20 Å². The van der Waals surface area contributed by atoms with Crippen molar-refractivity contribution < 1.29 is 0 Å². The predicted molar refractivity (Wildman–Crippen MR) is 59.6 cm³/mol.